The van der Waals surface area contributed by atoms with Crippen LogP contribution in [0, 0.1) is 0 Å². The summed E-state index contributed by atoms with van der Waals surface area (Å²) >= 11 is 0. The molecule has 3 heterocycles. The normalized spacial score (nSPS) is 25.8. The zero-order valence-electron chi connectivity index (χ0n) is 11.7. The van der Waals surface area contributed by atoms with Gasteiger partial charge in [0.2, 0.25) is 0 Å². The fourth-order valence-corrected chi connectivity index (χ4v) is 3.27. The molecule has 1 amide bonds. The van der Waals surface area contributed by atoms with E-state index in [-0.39, 0.29) is 11.4 Å². The number of hydrogen-bond donors (Lipinski definition) is 1. The third-order valence-electron chi connectivity index (χ3n) is 4.44. The maximum Gasteiger partial charge on any atom is 0.256 e. The molecule has 110 valence electrons. The number of carbonyl (C=O) groups excluding carboxylic acids is 1. The number of nitrogens with one attached hydrogen (secondary N) is 1. The van der Waals surface area contributed by atoms with Crippen molar-refractivity contribution in [1.82, 2.24) is 15.1 Å². The number of H-pyrrole nitrogens is 1. The minimum atomic E-state index is -0.308. The molecule has 1 aromatic heterocycles. The SMILES string of the molecule is O=C(c1cccc2cn[nH]c12)N1CCOCC12CCOC2. The lowest BCUT2D eigenvalue weighted by Crippen LogP contribution is -2.59. The number of para-hydroxylation sites is 1. The Bertz CT molecular complexity index is 676. The Labute approximate surface area is 122 Å². The molecule has 1 spiro atoms. The second kappa shape index (κ2) is 4.82. The van der Waals surface area contributed by atoms with Gasteiger partial charge in [-0.15, -0.1) is 0 Å². The predicted octanol–water partition coefficient (Wildman–Crippen LogP) is 1.19. The van der Waals surface area contributed by atoms with E-state index >= 15 is 0 Å². The van der Waals surface area contributed by atoms with Crippen LogP contribution in [0.2, 0.25) is 0 Å². The first-order chi connectivity index (χ1) is 10.3. The van der Waals surface area contributed by atoms with Crippen LogP contribution in [-0.2, 0) is 9.47 Å². The first kappa shape index (κ1) is 12.8. The molecular formula is C15H17N3O3. The topological polar surface area (TPSA) is 67.5 Å². The van der Waals surface area contributed by atoms with Gasteiger partial charge >= 0.3 is 0 Å². The standard InChI is InChI=1S/C15H17N3O3/c19-14(12-3-1-2-11-8-16-17-13(11)12)18-5-7-21-10-15(18)4-6-20-9-15/h1-3,8H,4-7,9-10H2,(H,16,17). The quantitative estimate of drug-likeness (QED) is 0.855. The zero-order chi connectivity index (χ0) is 14.3. The van der Waals surface area contributed by atoms with Crippen LogP contribution < -0.4 is 0 Å². The van der Waals surface area contributed by atoms with Gasteiger partial charge in [0.25, 0.3) is 5.91 Å². The van der Waals surface area contributed by atoms with Gasteiger partial charge in [-0.1, -0.05) is 12.1 Å². The minimum Gasteiger partial charge on any atom is -0.379 e. The number of carbonyl (C=O) groups is 1. The summed E-state index contributed by atoms with van der Waals surface area (Å²) in [5, 5.41) is 7.91. The number of aromatic nitrogens is 2. The highest BCUT2D eigenvalue weighted by Crippen LogP contribution is 2.31. The molecule has 0 saturated carbocycles. The summed E-state index contributed by atoms with van der Waals surface area (Å²) < 4.78 is 11.1. The fourth-order valence-electron chi connectivity index (χ4n) is 3.27. The third kappa shape index (κ3) is 1.94. The molecule has 2 fully saturated rings. The van der Waals surface area contributed by atoms with Crippen LogP contribution in [-0.4, -0.2) is 59.5 Å². The van der Waals surface area contributed by atoms with Crippen molar-refractivity contribution in [2.45, 2.75) is 12.0 Å². The predicted molar refractivity (Wildman–Crippen MR) is 76.1 cm³/mol. The number of hydrogen-bond acceptors (Lipinski definition) is 4. The van der Waals surface area contributed by atoms with Crippen molar-refractivity contribution in [3.63, 3.8) is 0 Å². The maximum atomic E-state index is 13.0. The number of amides is 1. The lowest BCUT2D eigenvalue weighted by Gasteiger charge is -2.43. The Balaban J connectivity index is 1.74. The Morgan fingerprint density at radius 1 is 1.29 bits per heavy atom. The summed E-state index contributed by atoms with van der Waals surface area (Å²) in [6.45, 7) is 2.97. The molecule has 0 bridgehead atoms. The van der Waals surface area contributed by atoms with Crippen molar-refractivity contribution >= 4 is 16.8 Å². The number of nitrogens with zero attached hydrogens (tertiary/aromatic N) is 2. The molecule has 1 atom stereocenters. The van der Waals surface area contributed by atoms with Gasteiger partial charge in [0, 0.05) is 18.5 Å². The average Bonchev–Trinajstić information content (AvgIpc) is 3.16. The van der Waals surface area contributed by atoms with Crippen molar-refractivity contribution in [3.8, 4) is 0 Å². The van der Waals surface area contributed by atoms with Crippen LogP contribution in [0.25, 0.3) is 10.9 Å². The highest BCUT2D eigenvalue weighted by atomic mass is 16.5. The van der Waals surface area contributed by atoms with Crippen LogP contribution in [0.5, 0.6) is 0 Å². The van der Waals surface area contributed by atoms with Gasteiger partial charge < -0.3 is 14.4 Å². The fraction of sp³-hybridized carbons (Fsp3) is 0.467. The van der Waals surface area contributed by atoms with E-state index in [0.29, 0.717) is 38.5 Å². The smallest absolute Gasteiger partial charge is 0.256 e. The number of fused-ring (bicyclic) bond motifs is 1. The van der Waals surface area contributed by atoms with E-state index in [0.717, 1.165) is 17.3 Å². The summed E-state index contributed by atoms with van der Waals surface area (Å²) in [4.78, 5) is 15.0. The second-order valence-corrected chi connectivity index (χ2v) is 5.68. The van der Waals surface area contributed by atoms with E-state index in [9.17, 15) is 4.79 Å². The number of ether oxygens (including phenoxy) is 2. The highest BCUT2D eigenvalue weighted by molar-refractivity contribution is 6.05. The van der Waals surface area contributed by atoms with Gasteiger partial charge in [0.15, 0.2) is 0 Å². The van der Waals surface area contributed by atoms with Gasteiger partial charge in [0.05, 0.1) is 42.6 Å². The van der Waals surface area contributed by atoms with E-state index in [1.807, 2.05) is 23.1 Å². The van der Waals surface area contributed by atoms with Crippen molar-refractivity contribution < 1.29 is 14.3 Å². The molecule has 2 saturated heterocycles. The van der Waals surface area contributed by atoms with Crippen LogP contribution in [0.4, 0.5) is 0 Å². The summed E-state index contributed by atoms with van der Waals surface area (Å²) in [5.74, 6) is 0.0265. The Morgan fingerprint density at radius 3 is 3.00 bits per heavy atom. The average molecular weight is 287 g/mol. The van der Waals surface area contributed by atoms with E-state index < -0.39 is 0 Å². The lowest BCUT2D eigenvalue weighted by molar-refractivity contribution is -0.0550. The molecule has 1 unspecified atom stereocenters. The van der Waals surface area contributed by atoms with Crippen LogP contribution >= 0.6 is 0 Å². The minimum absolute atomic E-state index is 0.0265. The molecule has 21 heavy (non-hydrogen) atoms. The molecule has 6 nitrogen and oxygen atoms in total. The molecular weight excluding hydrogens is 270 g/mol. The Hall–Kier alpha value is -1.92. The number of morpholine rings is 1. The van der Waals surface area contributed by atoms with E-state index in [4.69, 9.17) is 9.47 Å². The molecule has 4 rings (SSSR count). The first-order valence-corrected chi connectivity index (χ1v) is 7.20. The van der Waals surface area contributed by atoms with E-state index in [1.165, 1.54) is 0 Å². The summed E-state index contributed by atoms with van der Waals surface area (Å²) in [7, 11) is 0. The van der Waals surface area contributed by atoms with Gasteiger partial charge in [-0.25, -0.2) is 0 Å². The zero-order valence-corrected chi connectivity index (χ0v) is 11.7. The molecule has 1 N–H and O–H groups in total. The van der Waals surface area contributed by atoms with E-state index in [1.54, 1.807) is 6.20 Å². The molecule has 0 aliphatic carbocycles. The second-order valence-electron chi connectivity index (χ2n) is 5.68. The van der Waals surface area contributed by atoms with Crippen LogP contribution in [0.3, 0.4) is 0 Å². The Morgan fingerprint density at radius 2 is 2.14 bits per heavy atom. The van der Waals surface area contributed by atoms with Crippen molar-refractivity contribution in [1.29, 1.82) is 0 Å². The number of aromatic amines is 1. The van der Waals surface area contributed by atoms with E-state index in [2.05, 4.69) is 10.2 Å². The van der Waals surface area contributed by atoms with Crippen LogP contribution in [0.1, 0.15) is 16.8 Å². The monoisotopic (exact) mass is 287 g/mol. The summed E-state index contributed by atoms with van der Waals surface area (Å²) in [6.07, 6.45) is 2.57. The van der Waals surface area contributed by atoms with Gasteiger partial charge in [-0.3, -0.25) is 9.89 Å². The summed E-state index contributed by atoms with van der Waals surface area (Å²) in [5.41, 5.74) is 1.15. The molecule has 6 heteroatoms. The number of benzene rings is 1. The largest absolute Gasteiger partial charge is 0.379 e. The van der Waals surface area contributed by atoms with Gasteiger partial charge in [-0.05, 0) is 12.5 Å². The maximum absolute atomic E-state index is 13.0. The highest BCUT2D eigenvalue weighted by Gasteiger charge is 2.45. The Kier molecular flexibility index (Phi) is 2.94. The van der Waals surface area contributed by atoms with Gasteiger partial charge in [0.1, 0.15) is 0 Å². The van der Waals surface area contributed by atoms with Crippen molar-refractivity contribution in [2.75, 3.05) is 33.0 Å². The van der Waals surface area contributed by atoms with Crippen LogP contribution in [0.15, 0.2) is 24.4 Å². The van der Waals surface area contributed by atoms with Crippen molar-refractivity contribution in [2.24, 2.45) is 0 Å². The molecule has 0 radical (unpaired) electrons. The molecule has 1 aromatic carbocycles. The summed E-state index contributed by atoms with van der Waals surface area (Å²) in [6, 6.07) is 5.69. The molecule has 2 aromatic rings. The number of rotatable bonds is 1. The first-order valence-electron chi connectivity index (χ1n) is 7.20. The van der Waals surface area contributed by atoms with Gasteiger partial charge in [-0.2, -0.15) is 5.10 Å². The van der Waals surface area contributed by atoms with Crippen molar-refractivity contribution in [3.05, 3.63) is 30.0 Å². The lowest BCUT2D eigenvalue weighted by atomic mass is 9.94. The molecule has 2 aliphatic heterocycles. The molecule has 2 aliphatic rings. The third-order valence-corrected chi connectivity index (χ3v) is 4.44.